The summed E-state index contributed by atoms with van der Waals surface area (Å²) in [5.74, 6) is 0.945. The number of amides is 1. The van der Waals surface area contributed by atoms with Crippen molar-refractivity contribution >= 4 is 50.4 Å². The van der Waals surface area contributed by atoms with Crippen LogP contribution in [0, 0.1) is 5.92 Å². The molecule has 1 amide bonds. The average Bonchev–Trinajstić information content (AvgIpc) is 3.58. The van der Waals surface area contributed by atoms with E-state index >= 15 is 0 Å². The number of aliphatic imine (C=N–C) groups is 1. The van der Waals surface area contributed by atoms with Gasteiger partial charge < -0.3 is 21.1 Å². The third-order valence-corrected chi connectivity index (χ3v) is 7.46. The number of amidine groups is 1. The van der Waals surface area contributed by atoms with Crippen LogP contribution in [0.15, 0.2) is 9.79 Å². The van der Waals surface area contributed by atoms with Gasteiger partial charge in [-0.2, -0.15) is 0 Å². The van der Waals surface area contributed by atoms with Gasteiger partial charge in [-0.15, -0.1) is 0 Å². The van der Waals surface area contributed by atoms with Crippen LogP contribution in [0.2, 0.25) is 0 Å². The molecule has 192 valence electrons. The van der Waals surface area contributed by atoms with Crippen LogP contribution < -0.4 is 21.5 Å². The minimum Gasteiger partial charge on any atom is -0.390 e. The Balaban J connectivity index is 1.64. The van der Waals surface area contributed by atoms with Crippen LogP contribution in [0.3, 0.4) is 0 Å². The van der Waals surface area contributed by atoms with Crippen molar-refractivity contribution in [1.29, 1.82) is 0 Å². The van der Waals surface area contributed by atoms with E-state index in [4.69, 9.17) is 5.73 Å². The molecule has 0 radical (unpaired) electrons. The highest BCUT2D eigenvalue weighted by Crippen LogP contribution is 2.35. The third kappa shape index (κ3) is 5.04. The van der Waals surface area contributed by atoms with Gasteiger partial charge in [-0.1, -0.05) is 39.0 Å². The van der Waals surface area contributed by atoms with E-state index in [1.54, 1.807) is 4.90 Å². The van der Waals surface area contributed by atoms with Gasteiger partial charge in [0.05, 0.1) is 29.4 Å². The normalized spacial score (nSPS) is 13.5. The minimum atomic E-state index is -0.403. The molecule has 1 aliphatic heterocycles. The van der Waals surface area contributed by atoms with Gasteiger partial charge >= 0.3 is 0 Å². The number of nitrogens with one attached hydrogen (secondary N) is 2. The van der Waals surface area contributed by atoms with E-state index < -0.39 is 6.61 Å². The number of hydrogen-bond acceptors (Lipinski definition) is 10. The van der Waals surface area contributed by atoms with Crippen LogP contribution in [0.25, 0.3) is 0 Å². The quantitative estimate of drug-likeness (QED) is 0.242. The van der Waals surface area contributed by atoms with E-state index in [0.29, 0.717) is 46.9 Å². The number of aliphatic hydroxyl groups excluding tert-OH is 1. The Morgan fingerprint density at radius 3 is 2.69 bits per heavy atom. The first kappa shape index (κ1) is 25.9. The Hall–Kier alpha value is -3.16. The topological polar surface area (TPSA) is 162 Å². The summed E-state index contributed by atoms with van der Waals surface area (Å²) in [5, 5.41) is 13.8. The molecule has 0 fully saturated rings. The summed E-state index contributed by atoms with van der Waals surface area (Å²) >= 11 is 2.19. The maximum atomic E-state index is 13.6. The molecular formula is C23H30N8O3S2. The van der Waals surface area contributed by atoms with Gasteiger partial charge in [-0.25, -0.2) is 15.0 Å². The highest BCUT2D eigenvalue weighted by Gasteiger charge is 2.33. The summed E-state index contributed by atoms with van der Waals surface area (Å²) < 4.78 is 2.66. The number of nitrogens with two attached hydrogens (primary N) is 1. The van der Waals surface area contributed by atoms with Gasteiger partial charge in [0.25, 0.3) is 11.5 Å². The predicted molar refractivity (Wildman–Crippen MR) is 143 cm³/mol. The number of aromatic amines is 1. The van der Waals surface area contributed by atoms with Crippen LogP contribution in [0.4, 0.5) is 15.8 Å². The number of carbonyl (C=O) groups is 1. The summed E-state index contributed by atoms with van der Waals surface area (Å²) in [5.41, 5.74) is 8.71. The molecule has 4 rings (SSSR count). The second-order valence-corrected chi connectivity index (χ2v) is 10.5. The van der Waals surface area contributed by atoms with Gasteiger partial charge in [0.1, 0.15) is 27.1 Å². The first-order valence-corrected chi connectivity index (χ1v) is 13.5. The van der Waals surface area contributed by atoms with Crippen LogP contribution in [-0.2, 0) is 25.9 Å². The van der Waals surface area contributed by atoms with E-state index in [2.05, 4.69) is 29.6 Å². The molecule has 4 heterocycles. The molecule has 0 saturated carbocycles. The molecule has 0 aliphatic carbocycles. The summed E-state index contributed by atoms with van der Waals surface area (Å²) in [6.45, 7) is 8.61. The lowest BCUT2D eigenvalue weighted by molar-refractivity contribution is 0.0990. The monoisotopic (exact) mass is 530 g/mol. The Kier molecular flexibility index (Phi) is 7.81. The summed E-state index contributed by atoms with van der Waals surface area (Å²) in [7, 11) is 0. The number of fused-ring (bicyclic) bond motifs is 1. The smallest absolute Gasteiger partial charge is 0.271 e. The lowest BCUT2D eigenvalue weighted by atomic mass is 10.2. The zero-order chi connectivity index (χ0) is 26.0. The van der Waals surface area contributed by atoms with Crippen LogP contribution in [-0.4, -0.2) is 49.3 Å². The highest BCUT2D eigenvalue weighted by atomic mass is 32.1. The molecule has 1 aliphatic rings. The van der Waals surface area contributed by atoms with Gasteiger partial charge in [0, 0.05) is 25.9 Å². The average molecular weight is 531 g/mol. The first-order chi connectivity index (χ1) is 17.3. The number of aryl methyl sites for hydroxylation is 2. The Morgan fingerprint density at radius 1 is 1.25 bits per heavy atom. The largest absolute Gasteiger partial charge is 0.390 e. The minimum absolute atomic E-state index is 0.135. The number of aromatic nitrogens is 4. The second kappa shape index (κ2) is 10.8. The fourth-order valence-electron chi connectivity index (χ4n) is 3.91. The molecule has 0 aromatic carbocycles. The lowest BCUT2D eigenvalue weighted by Gasteiger charge is -2.19. The van der Waals surface area contributed by atoms with E-state index in [1.165, 1.54) is 0 Å². The molecule has 0 saturated heterocycles. The zero-order valence-corrected chi connectivity index (χ0v) is 22.3. The van der Waals surface area contributed by atoms with Crippen molar-refractivity contribution in [3.8, 4) is 0 Å². The number of thiazole rings is 1. The molecule has 36 heavy (non-hydrogen) atoms. The number of nitrogens with zero attached hydrogens (tertiary/aromatic N) is 5. The first-order valence-electron chi connectivity index (χ1n) is 11.9. The Morgan fingerprint density at radius 2 is 2.03 bits per heavy atom. The van der Waals surface area contributed by atoms with Crippen LogP contribution in [0.1, 0.15) is 65.8 Å². The molecule has 13 heteroatoms. The van der Waals surface area contributed by atoms with Crippen molar-refractivity contribution in [2.24, 2.45) is 16.6 Å². The molecule has 3 aromatic rings. The maximum absolute atomic E-state index is 13.6. The summed E-state index contributed by atoms with van der Waals surface area (Å²) in [4.78, 5) is 46.0. The zero-order valence-electron chi connectivity index (χ0n) is 20.7. The molecular weight excluding hydrogens is 500 g/mol. The number of hydrogen-bond donors (Lipinski definition) is 4. The second-order valence-electron chi connectivity index (χ2n) is 8.73. The van der Waals surface area contributed by atoms with Crippen LogP contribution in [0.5, 0.6) is 0 Å². The number of rotatable bonds is 9. The molecule has 11 nitrogen and oxygen atoms in total. The van der Waals surface area contributed by atoms with Crippen LogP contribution >= 0.6 is 22.9 Å². The van der Waals surface area contributed by atoms with Crippen molar-refractivity contribution in [3.63, 3.8) is 0 Å². The van der Waals surface area contributed by atoms with Gasteiger partial charge in [0.2, 0.25) is 0 Å². The Labute approximate surface area is 216 Å². The lowest BCUT2D eigenvalue weighted by Crippen LogP contribution is -2.30. The van der Waals surface area contributed by atoms with E-state index in [1.807, 2.05) is 27.7 Å². The predicted octanol–water partition coefficient (Wildman–Crippen LogP) is 2.61. The number of H-pyrrole nitrogens is 1. The van der Waals surface area contributed by atoms with Crippen molar-refractivity contribution in [3.05, 3.63) is 43.7 Å². The van der Waals surface area contributed by atoms with Gasteiger partial charge in [-0.05, 0) is 23.9 Å². The standard InChI is InChI=1S/C23H30N8O3S2/c1-5-12-17-13(27-15(6-2)26-12)7-8-31(17)22(34)18-14(10-32)28-23(35-18)29-21-16(20(33)30-36-21)19(24)25-9-11(3)4/h11,32H,5-10H2,1-4H3,(H2,24,25)(H,28,29)(H,30,33). The van der Waals surface area contributed by atoms with E-state index in [9.17, 15) is 14.7 Å². The van der Waals surface area contributed by atoms with Gasteiger partial charge in [-0.3, -0.25) is 19.0 Å². The molecule has 5 N–H and O–H groups in total. The van der Waals surface area contributed by atoms with Crippen molar-refractivity contribution in [2.75, 3.05) is 23.3 Å². The highest BCUT2D eigenvalue weighted by molar-refractivity contribution is 7.18. The van der Waals surface area contributed by atoms with Crippen molar-refractivity contribution in [1.82, 2.24) is 19.3 Å². The third-order valence-electron chi connectivity index (χ3n) is 5.66. The number of carbonyl (C=O) groups excluding carboxylic acids is 1. The SMILES string of the molecule is CCc1nc(CC)c2c(n1)CCN2C(=O)c1sc(Nc2s[nH]c(=O)c2C(N)=NCC(C)C)nc1CO. The molecule has 0 unspecified atom stereocenters. The van der Waals surface area contributed by atoms with E-state index in [0.717, 1.165) is 52.2 Å². The summed E-state index contributed by atoms with van der Waals surface area (Å²) in [6.07, 6.45) is 2.06. The Bertz CT molecular complexity index is 1360. The molecule has 0 spiro atoms. The maximum Gasteiger partial charge on any atom is 0.271 e. The fourth-order valence-corrected chi connectivity index (χ4v) is 5.65. The van der Waals surface area contributed by atoms with E-state index in [-0.39, 0.29) is 28.6 Å². The molecule has 3 aromatic heterocycles. The number of anilines is 3. The molecule has 0 bridgehead atoms. The van der Waals surface area contributed by atoms with Crippen molar-refractivity contribution < 1.29 is 9.90 Å². The fraction of sp³-hybridized carbons (Fsp3) is 0.478. The molecule has 0 atom stereocenters. The van der Waals surface area contributed by atoms with Gasteiger partial charge in [0.15, 0.2) is 5.13 Å². The van der Waals surface area contributed by atoms with Crippen molar-refractivity contribution in [2.45, 2.75) is 53.6 Å². The summed E-state index contributed by atoms with van der Waals surface area (Å²) in [6, 6.07) is 0. The number of aliphatic hydroxyl groups is 1.